The molecule has 0 saturated carbocycles. The van der Waals surface area contributed by atoms with Gasteiger partial charge in [-0.05, 0) is 36.4 Å². The van der Waals surface area contributed by atoms with Crippen LogP contribution >= 0.6 is 0 Å². The van der Waals surface area contributed by atoms with E-state index in [-0.39, 0.29) is 10.6 Å². The van der Waals surface area contributed by atoms with Crippen molar-refractivity contribution in [3.05, 3.63) is 53.2 Å². The Kier molecular flexibility index (Phi) is 3.00. The summed E-state index contributed by atoms with van der Waals surface area (Å²) in [4.78, 5) is 23.6. The van der Waals surface area contributed by atoms with Crippen LogP contribution in [0, 0.1) is 0 Å². The number of hydrogen-bond acceptors (Lipinski definition) is 4. The van der Waals surface area contributed by atoms with Gasteiger partial charge in [0.1, 0.15) is 0 Å². The van der Waals surface area contributed by atoms with Crippen molar-refractivity contribution >= 4 is 37.8 Å². The van der Waals surface area contributed by atoms with Crippen LogP contribution in [-0.2, 0) is 10.0 Å². The molecule has 0 bridgehead atoms. The molecule has 122 valence electrons. The molecule has 0 aliphatic carbocycles. The number of nitrogens with zero attached hydrogens (tertiary/aromatic N) is 2. The Morgan fingerprint density at radius 2 is 1.79 bits per heavy atom. The van der Waals surface area contributed by atoms with Crippen molar-refractivity contribution in [3.8, 4) is 0 Å². The normalized spacial score (nSPS) is 12.0. The minimum atomic E-state index is -3.76. The molecule has 24 heavy (non-hydrogen) atoms. The summed E-state index contributed by atoms with van der Waals surface area (Å²) in [6.07, 6.45) is 1.55. The van der Waals surface area contributed by atoms with Crippen LogP contribution in [0.4, 0.5) is 5.69 Å². The van der Waals surface area contributed by atoms with Crippen molar-refractivity contribution in [3.63, 3.8) is 0 Å². The topological polar surface area (TPSA) is 115 Å². The number of benzene rings is 2. The maximum Gasteiger partial charge on any atom is 0.323 e. The van der Waals surface area contributed by atoms with Crippen LogP contribution in [0.15, 0.2) is 52.4 Å². The largest absolute Gasteiger partial charge is 0.345 e. The number of aromatic nitrogens is 4. The summed E-state index contributed by atoms with van der Waals surface area (Å²) in [5, 5.41) is 0. The van der Waals surface area contributed by atoms with E-state index in [9.17, 15) is 13.2 Å². The molecule has 4 aromatic rings. The monoisotopic (exact) mass is 343 g/mol. The lowest BCUT2D eigenvalue weighted by Gasteiger charge is -2.19. The number of aromatic amines is 3. The number of imidazole rings is 2. The molecule has 8 nitrogen and oxygen atoms in total. The molecule has 0 saturated heterocycles. The van der Waals surface area contributed by atoms with Gasteiger partial charge < -0.3 is 15.0 Å². The second kappa shape index (κ2) is 4.96. The maximum absolute atomic E-state index is 12.9. The summed E-state index contributed by atoms with van der Waals surface area (Å²) in [6.45, 7) is 0. The lowest BCUT2D eigenvalue weighted by atomic mass is 10.3. The standard InChI is InChI=1S/C15H13N5O3S/c1-20(9-2-4-11-13(6-9)17-8-16-11)24(22,23)10-3-5-12-14(7-10)19-15(21)18-12/h2-8H,1H3,(H,16,17)(H2,18,19,21). The summed E-state index contributed by atoms with van der Waals surface area (Å²) in [7, 11) is -2.28. The number of nitrogens with one attached hydrogen (secondary N) is 3. The first kappa shape index (κ1) is 14.5. The van der Waals surface area contributed by atoms with Gasteiger partial charge in [-0.15, -0.1) is 0 Å². The minimum absolute atomic E-state index is 0.0949. The fraction of sp³-hybridized carbons (Fsp3) is 0.0667. The summed E-state index contributed by atoms with van der Waals surface area (Å²) >= 11 is 0. The van der Waals surface area contributed by atoms with Gasteiger partial charge in [0.15, 0.2) is 0 Å². The van der Waals surface area contributed by atoms with Gasteiger partial charge in [-0.1, -0.05) is 0 Å². The summed E-state index contributed by atoms with van der Waals surface area (Å²) in [5.74, 6) is 0. The molecule has 0 amide bonds. The molecular formula is C15H13N5O3S. The highest BCUT2D eigenvalue weighted by molar-refractivity contribution is 7.92. The number of hydrogen-bond donors (Lipinski definition) is 3. The fourth-order valence-electron chi connectivity index (χ4n) is 2.59. The smallest absolute Gasteiger partial charge is 0.323 e. The zero-order valence-corrected chi connectivity index (χ0v) is 13.4. The van der Waals surface area contributed by atoms with Gasteiger partial charge in [0, 0.05) is 7.05 Å². The summed E-state index contributed by atoms with van der Waals surface area (Å²) in [6, 6.07) is 9.63. The molecular weight excluding hydrogens is 330 g/mol. The Morgan fingerprint density at radius 1 is 1.00 bits per heavy atom. The lowest BCUT2D eigenvalue weighted by molar-refractivity contribution is 0.594. The third-order valence-electron chi connectivity index (χ3n) is 3.91. The van der Waals surface area contributed by atoms with Crippen LogP contribution in [-0.4, -0.2) is 35.4 Å². The van der Waals surface area contributed by atoms with E-state index in [4.69, 9.17) is 0 Å². The molecule has 0 fully saturated rings. The zero-order chi connectivity index (χ0) is 16.9. The van der Waals surface area contributed by atoms with E-state index in [2.05, 4.69) is 19.9 Å². The van der Waals surface area contributed by atoms with Crippen LogP contribution in [0.25, 0.3) is 22.1 Å². The number of sulfonamides is 1. The van der Waals surface area contributed by atoms with Gasteiger partial charge in [-0.3, -0.25) is 4.31 Å². The zero-order valence-electron chi connectivity index (χ0n) is 12.6. The third kappa shape index (κ3) is 2.17. The maximum atomic E-state index is 12.9. The third-order valence-corrected chi connectivity index (χ3v) is 5.69. The average Bonchev–Trinajstić information content (AvgIpc) is 3.17. The number of fused-ring (bicyclic) bond motifs is 2. The highest BCUT2D eigenvalue weighted by Gasteiger charge is 2.22. The summed E-state index contributed by atoms with van der Waals surface area (Å²) in [5.41, 5.74) is 2.64. The van der Waals surface area contributed by atoms with E-state index in [0.29, 0.717) is 16.7 Å². The van der Waals surface area contributed by atoms with Crippen LogP contribution in [0.5, 0.6) is 0 Å². The Labute approximate surface area is 136 Å². The van der Waals surface area contributed by atoms with Crippen molar-refractivity contribution in [1.82, 2.24) is 19.9 Å². The van der Waals surface area contributed by atoms with Crippen molar-refractivity contribution < 1.29 is 8.42 Å². The van der Waals surface area contributed by atoms with Crippen molar-refractivity contribution in [2.75, 3.05) is 11.4 Å². The summed E-state index contributed by atoms with van der Waals surface area (Å²) < 4.78 is 26.9. The average molecular weight is 343 g/mol. The molecule has 0 aliphatic rings. The number of rotatable bonds is 3. The van der Waals surface area contributed by atoms with Crippen molar-refractivity contribution in [2.24, 2.45) is 0 Å². The molecule has 2 heterocycles. The predicted octanol–water partition coefficient (Wildman–Crippen LogP) is 1.56. The van der Waals surface area contributed by atoms with E-state index in [1.165, 1.54) is 23.5 Å². The van der Waals surface area contributed by atoms with Crippen molar-refractivity contribution in [2.45, 2.75) is 4.90 Å². The first-order valence-corrected chi connectivity index (χ1v) is 8.53. The molecule has 0 unspecified atom stereocenters. The van der Waals surface area contributed by atoms with Gasteiger partial charge >= 0.3 is 5.69 Å². The highest BCUT2D eigenvalue weighted by atomic mass is 32.2. The first-order chi connectivity index (χ1) is 11.4. The molecule has 2 aromatic carbocycles. The predicted molar refractivity (Wildman–Crippen MR) is 90.6 cm³/mol. The molecule has 0 radical (unpaired) electrons. The Bertz CT molecular complexity index is 1220. The van der Waals surface area contributed by atoms with Crippen molar-refractivity contribution in [1.29, 1.82) is 0 Å². The SMILES string of the molecule is CN(c1ccc2nc[nH]c2c1)S(=O)(=O)c1ccc2[nH]c(=O)[nH]c2c1. The Hall–Kier alpha value is -3.07. The minimum Gasteiger partial charge on any atom is -0.345 e. The van der Waals surface area contributed by atoms with Gasteiger partial charge in [-0.2, -0.15) is 0 Å². The number of anilines is 1. The van der Waals surface area contributed by atoms with E-state index < -0.39 is 10.0 Å². The van der Waals surface area contributed by atoms with Gasteiger partial charge in [0.2, 0.25) is 0 Å². The lowest BCUT2D eigenvalue weighted by Crippen LogP contribution is -2.26. The van der Waals surface area contributed by atoms with E-state index >= 15 is 0 Å². The quantitative estimate of drug-likeness (QED) is 0.523. The van der Waals surface area contributed by atoms with Crippen LogP contribution < -0.4 is 9.99 Å². The highest BCUT2D eigenvalue weighted by Crippen LogP contribution is 2.25. The first-order valence-electron chi connectivity index (χ1n) is 7.09. The van der Waals surface area contributed by atoms with Gasteiger partial charge in [0.05, 0.1) is 39.0 Å². The molecule has 3 N–H and O–H groups in total. The fourth-order valence-corrected chi connectivity index (χ4v) is 3.80. The molecule has 0 aliphatic heterocycles. The second-order valence-corrected chi connectivity index (χ2v) is 7.33. The van der Waals surface area contributed by atoms with E-state index in [1.807, 2.05) is 0 Å². The second-order valence-electron chi connectivity index (χ2n) is 5.36. The van der Waals surface area contributed by atoms with Crippen LogP contribution in [0.3, 0.4) is 0 Å². The van der Waals surface area contributed by atoms with E-state index in [1.54, 1.807) is 30.6 Å². The molecule has 0 spiro atoms. The van der Waals surface area contributed by atoms with Crippen LogP contribution in [0.1, 0.15) is 0 Å². The Balaban J connectivity index is 1.80. The molecule has 4 rings (SSSR count). The molecule has 0 atom stereocenters. The van der Waals surface area contributed by atoms with E-state index in [0.717, 1.165) is 11.0 Å². The Morgan fingerprint density at radius 3 is 2.62 bits per heavy atom. The number of H-pyrrole nitrogens is 3. The van der Waals surface area contributed by atoms with Crippen LogP contribution in [0.2, 0.25) is 0 Å². The van der Waals surface area contributed by atoms with Gasteiger partial charge in [-0.25, -0.2) is 18.2 Å². The molecule has 2 aromatic heterocycles. The molecule has 9 heteroatoms. The van der Waals surface area contributed by atoms with Gasteiger partial charge in [0.25, 0.3) is 10.0 Å².